The van der Waals surface area contributed by atoms with Gasteiger partial charge < -0.3 is 9.84 Å². The Morgan fingerprint density at radius 2 is 1.88 bits per heavy atom. The van der Waals surface area contributed by atoms with Crippen molar-refractivity contribution in [2.75, 3.05) is 12.5 Å². The second kappa shape index (κ2) is 5.09. The van der Waals surface area contributed by atoms with Gasteiger partial charge in [0, 0.05) is 6.61 Å². The number of carboxylic acid groups (broad SMARTS) is 1. The number of hydrogen-bond donors (Lipinski definition) is 1. The minimum Gasteiger partial charge on any atom is -0.478 e. The van der Waals surface area contributed by atoms with Gasteiger partial charge in [0.1, 0.15) is 0 Å². The Bertz CT molecular complexity index is 460. The minimum atomic E-state index is -3.48. The fourth-order valence-electron chi connectivity index (χ4n) is 1.07. The summed E-state index contributed by atoms with van der Waals surface area (Å²) in [6, 6.07) is 5.03. The normalized spacial score (nSPS) is 11.3. The van der Waals surface area contributed by atoms with Crippen LogP contribution < -0.4 is 0 Å². The first-order valence-corrected chi connectivity index (χ1v) is 6.26. The molecule has 0 aliphatic heterocycles. The standard InChI is InChI=1S/C10H12O5S/c1-2-15-7-16(13,14)9-5-3-8(4-6-9)10(11)12/h3-6H,2,7H2,1H3,(H,11,12). The average molecular weight is 244 g/mol. The zero-order valence-electron chi connectivity index (χ0n) is 8.71. The fourth-order valence-corrected chi connectivity index (χ4v) is 2.14. The summed E-state index contributed by atoms with van der Waals surface area (Å²) in [6.45, 7) is 2.01. The summed E-state index contributed by atoms with van der Waals surface area (Å²) >= 11 is 0. The van der Waals surface area contributed by atoms with Crippen LogP contribution in [0.5, 0.6) is 0 Å². The molecule has 0 bridgehead atoms. The predicted molar refractivity (Wildman–Crippen MR) is 57.1 cm³/mol. The highest BCUT2D eigenvalue weighted by Crippen LogP contribution is 2.12. The quantitative estimate of drug-likeness (QED) is 0.840. The monoisotopic (exact) mass is 244 g/mol. The Hall–Kier alpha value is -1.40. The summed E-state index contributed by atoms with van der Waals surface area (Å²) in [6.07, 6.45) is 0. The molecule has 1 aromatic carbocycles. The van der Waals surface area contributed by atoms with E-state index < -0.39 is 21.7 Å². The molecular formula is C10H12O5S. The van der Waals surface area contributed by atoms with Crippen LogP contribution in [0.4, 0.5) is 0 Å². The van der Waals surface area contributed by atoms with E-state index in [0.717, 1.165) is 0 Å². The lowest BCUT2D eigenvalue weighted by molar-refractivity contribution is 0.0697. The molecule has 0 amide bonds. The van der Waals surface area contributed by atoms with Gasteiger partial charge in [0.2, 0.25) is 9.84 Å². The average Bonchev–Trinajstić information content (AvgIpc) is 2.26. The summed E-state index contributed by atoms with van der Waals surface area (Å²) in [7, 11) is -3.48. The van der Waals surface area contributed by atoms with Crippen molar-refractivity contribution in [2.24, 2.45) is 0 Å². The van der Waals surface area contributed by atoms with Crippen molar-refractivity contribution in [1.82, 2.24) is 0 Å². The fraction of sp³-hybridized carbons (Fsp3) is 0.300. The smallest absolute Gasteiger partial charge is 0.335 e. The molecule has 0 atom stereocenters. The van der Waals surface area contributed by atoms with Crippen molar-refractivity contribution in [3.05, 3.63) is 29.8 Å². The van der Waals surface area contributed by atoms with Crippen molar-refractivity contribution in [2.45, 2.75) is 11.8 Å². The van der Waals surface area contributed by atoms with Gasteiger partial charge in [-0.2, -0.15) is 0 Å². The first kappa shape index (κ1) is 12.7. The molecule has 1 N–H and O–H groups in total. The number of hydrogen-bond acceptors (Lipinski definition) is 4. The highest BCUT2D eigenvalue weighted by atomic mass is 32.2. The molecule has 0 spiro atoms. The van der Waals surface area contributed by atoms with E-state index in [-0.39, 0.29) is 10.5 Å². The number of aromatic carboxylic acids is 1. The van der Waals surface area contributed by atoms with Gasteiger partial charge in [-0.25, -0.2) is 13.2 Å². The second-order valence-corrected chi connectivity index (χ2v) is 4.99. The Kier molecular flexibility index (Phi) is 4.03. The van der Waals surface area contributed by atoms with E-state index in [0.29, 0.717) is 6.61 Å². The Labute approximate surface area is 93.6 Å². The highest BCUT2D eigenvalue weighted by molar-refractivity contribution is 7.91. The Balaban J connectivity index is 2.93. The molecule has 5 nitrogen and oxygen atoms in total. The van der Waals surface area contributed by atoms with Gasteiger partial charge in [0.25, 0.3) is 0 Å². The zero-order valence-corrected chi connectivity index (χ0v) is 9.53. The maximum absolute atomic E-state index is 11.6. The van der Waals surface area contributed by atoms with Crippen LogP contribution in [0.15, 0.2) is 29.2 Å². The molecule has 0 aliphatic rings. The van der Waals surface area contributed by atoms with Crippen molar-refractivity contribution in [1.29, 1.82) is 0 Å². The van der Waals surface area contributed by atoms with Gasteiger partial charge >= 0.3 is 5.97 Å². The molecule has 0 heterocycles. The van der Waals surface area contributed by atoms with Crippen molar-refractivity contribution in [3.63, 3.8) is 0 Å². The minimum absolute atomic E-state index is 0.0513. The van der Waals surface area contributed by atoms with Gasteiger partial charge in [-0.05, 0) is 31.2 Å². The van der Waals surface area contributed by atoms with Crippen LogP contribution in [0.1, 0.15) is 17.3 Å². The summed E-state index contributed by atoms with van der Waals surface area (Å²) in [4.78, 5) is 10.6. The maximum Gasteiger partial charge on any atom is 0.335 e. The largest absolute Gasteiger partial charge is 0.478 e. The van der Waals surface area contributed by atoms with Crippen LogP contribution in [0, 0.1) is 0 Å². The Morgan fingerprint density at radius 3 is 2.31 bits per heavy atom. The molecule has 1 rings (SSSR count). The number of sulfone groups is 1. The third-order valence-corrected chi connectivity index (χ3v) is 3.37. The molecule has 16 heavy (non-hydrogen) atoms. The third kappa shape index (κ3) is 3.04. The van der Waals surface area contributed by atoms with Crippen LogP contribution in [0.3, 0.4) is 0 Å². The lowest BCUT2D eigenvalue weighted by Gasteiger charge is -2.04. The lowest BCUT2D eigenvalue weighted by atomic mass is 10.2. The zero-order chi connectivity index (χ0) is 12.2. The summed E-state index contributed by atoms with van der Waals surface area (Å²) in [5.41, 5.74) is 0.0513. The second-order valence-electron chi connectivity index (χ2n) is 3.05. The first-order valence-electron chi connectivity index (χ1n) is 4.61. The molecule has 88 valence electrons. The van der Waals surface area contributed by atoms with Crippen LogP contribution in [-0.4, -0.2) is 32.0 Å². The van der Waals surface area contributed by atoms with Crippen LogP contribution >= 0.6 is 0 Å². The molecule has 0 radical (unpaired) electrons. The maximum atomic E-state index is 11.6. The molecule has 0 unspecified atom stereocenters. The van der Waals surface area contributed by atoms with Gasteiger partial charge in [-0.3, -0.25) is 0 Å². The molecule has 0 aromatic heterocycles. The number of benzene rings is 1. The summed E-state index contributed by atoms with van der Waals surface area (Å²) in [5, 5.41) is 8.65. The van der Waals surface area contributed by atoms with Gasteiger partial charge in [-0.1, -0.05) is 0 Å². The summed E-state index contributed by atoms with van der Waals surface area (Å²) < 4.78 is 28.0. The molecule has 0 fully saturated rings. The van der Waals surface area contributed by atoms with Crippen LogP contribution in [-0.2, 0) is 14.6 Å². The van der Waals surface area contributed by atoms with Crippen molar-refractivity contribution < 1.29 is 23.1 Å². The van der Waals surface area contributed by atoms with Gasteiger partial charge in [0.05, 0.1) is 10.5 Å². The van der Waals surface area contributed by atoms with Crippen LogP contribution in [0.25, 0.3) is 0 Å². The number of carboxylic acids is 1. The van der Waals surface area contributed by atoms with E-state index in [1.165, 1.54) is 24.3 Å². The van der Waals surface area contributed by atoms with E-state index in [1.807, 2.05) is 0 Å². The van der Waals surface area contributed by atoms with Gasteiger partial charge in [0.15, 0.2) is 5.94 Å². The first-order chi connectivity index (χ1) is 7.47. The summed E-state index contributed by atoms with van der Waals surface area (Å²) in [5.74, 6) is -1.48. The number of ether oxygens (including phenoxy) is 1. The van der Waals surface area contributed by atoms with Gasteiger partial charge in [-0.15, -0.1) is 0 Å². The highest BCUT2D eigenvalue weighted by Gasteiger charge is 2.14. The van der Waals surface area contributed by atoms with Crippen LogP contribution in [0.2, 0.25) is 0 Å². The van der Waals surface area contributed by atoms with E-state index in [4.69, 9.17) is 9.84 Å². The predicted octanol–water partition coefficient (Wildman–Crippen LogP) is 1.15. The van der Waals surface area contributed by atoms with E-state index in [1.54, 1.807) is 6.92 Å². The van der Waals surface area contributed by atoms with Crippen molar-refractivity contribution in [3.8, 4) is 0 Å². The number of carbonyl (C=O) groups is 1. The van der Waals surface area contributed by atoms with E-state index in [9.17, 15) is 13.2 Å². The molecular weight excluding hydrogens is 232 g/mol. The molecule has 0 aliphatic carbocycles. The topological polar surface area (TPSA) is 80.7 Å². The SMILES string of the molecule is CCOCS(=O)(=O)c1ccc(C(=O)O)cc1. The molecule has 0 saturated heterocycles. The lowest BCUT2D eigenvalue weighted by Crippen LogP contribution is -2.10. The number of rotatable bonds is 5. The molecule has 0 saturated carbocycles. The molecule has 1 aromatic rings. The Morgan fingerprint density at radius 1 is 1.31 bits per heavy atom. The molecule has 6 heteroatoms. The third-order valence-electron chi connectivity index (χ3n) is 1.90. The van der Waals surface area contributed by atoms with E-state index >= 15 is 0 Å². The van der Waals surface area contributed by atoms with Crippen molar-refractivity contribution >= 4 is 15.8 Å². The van der Waals surface area contributed by atoms with E-state index in [2.05, 4.69) is 0 Å².